The molecule has 244 valence electrons. The zero-order valence-corrected chi connectivity index (χ0v) is 28.1. The van der Waals surface area contributed by atoms with Gasteiger partial charge in [0.15, 0.2) is 0 Å². The summed E-state index contributed by atoms with van der Waals surface area (Å²) >= 11 is 0. The first-order valence-corrected chi connectivity index (χ1v) is 17.3. The molecule has 4 aromatic carbocycles. The van der Waals surface area contributed by atoms with E-state index in [0.717, 1.165) is 89.3 Å². The molecule has 0 radical (unpaired) electrons. The highest BCUT2D eigenvalue weighted by Gasteiger charge is 2.25. The Kier molecular flexibility index (Phi) is 7.71. The summed E-state index contributed by atoms with van der Waals surface area (Å²) in [7, 11) is 0. The highest BCUT2D eigenvalue weighted by atomic mass is 16.7. The molecule has 1 N–H and O–H groups in total. The lowest BCUT2D eigenvalue weighted by Crippen LogP contribution is -2.21. The summed E-state index contributed by atoms with van der Waals surface area (Å²) in [6.07, 6.45) is 10.6. The summed E-state index contributed by atoms with van der Waals surface area (Å²) in [4.78, 5) is 21.0. The van der Waals surface area contributed by atoms with Gasteiger partial charge in [-0.15, -0.1) is 0 Å². The van der Waals surface area contributed by atoms with E-state index in [-0.39, 0.29) is 0 Å². The maximum Gasteiger partial charge on any atom is 0.112 e. The molecule has 0 spiro atoms. The number of allylic oxidation sites excluding steroid dienone is 4. The monoisotopic (exact) mass is 658 g/mol. The van der Waals surface area contributed by atoms with Crippen LogP contribution >= 0.6 is 0 Å². The Morgan fingerprint density at radius 2 is 0.922 bits per heavy atom. The number of hydrogen-bond donors (Lipinski definition) is 1. The van der Waals surface area contributed by atoms with Crippen LogP contribution in [0.1, 0.15) is 40.4 Å². The van der Waals surface area contributed by atoms with Crippen LogP contribution in [-0.4, -0.2) is 27.7 Å². The van der Waals surface area contributed by atoms with Crippen molar-refractivity contribution in [1.82, 2.24) is 9.71 Å². The zero-order valence-electron chi connectivity index (χ0n) is 28.1. The van der Waals surface area contributed by atoms with Crippen LogP contribution in [0.15, 0.2) is 191 Å². The lowest BCUT2D eigenvalue weighted by atomic mass is 9.96. The second kappa shape index (κ2) is 13.0. The molecule has 0 fully saturated rings. The predicted molar refractivity (Wildman–Crippen MR) is 208 cm³/mol. The van der Waals surface area contributed by atoms with Gasteiger partial charge >= 0.3 is 0 Å². The molecular weight excluding hydrogens is 625 g/mol. The van der Waals surface area contributed by atoms with Crippen molar-refractivity contribution in [1.29, 1.82) is 0 Å². The van der Waals surface area contributed by atoms with Crippen LogP contribution in [0.2, 0.25) is 0 Å². The maximum absolute atomic E-state index is 6.36. The number of nitrogens with zero attached hydrogens (tertiary/aromatic N) is 3. The van der Waals surface area contributed by atoms with E-state index in [4.69, 9.17) is 14.8 Å². The maximum atomic E-state index is 6.36. The molecule has 3 aliphatic heterocycles. The van der Waals surface area contributed by atoms with Crippen molar-refractivity contribution >= 4 is 33.7 Å². The summed E-state index contributed by atoms with van der Waals surface area (Å²) in [6, 6.07) is 48.5. The summed E-state index contributed by atoms with van der Waals surface area (Å²) in [5.41, 5.74) is 13.8. The van der Waals surface area contributed by atoms with Crippen molar-refractivity contribution in [3.63, 3.8) is 0 Å². The number of aromatic nitrogens is 2. The molecule has 0 saturated carbocycles. The van der Waals surface area contributed by atoms with Gasteiger partial charge < -0.3 is 9.82 Å². The van der Waals surface area contributed by atoms with Crippen LogP contribution in [0.25, 0.3) is 22.3 Å². The Morgan fingerprint density at radius 3 is 1.39 bits per heavy atom. The predicted octanol–water partition coefficient (Wildman–Crippen LogP) is 7.92. The Hall–Kier alpha value is -6.72. The first-order chi connectivity index (χ1) is 25.2. The van der Waals surface area contributed by atoms with Gasteiger partial charge in [-0.05, 0) is 71.7 Å². The second-order valence-corrected chi connectivity index (χ2v) is 12.5. The lowest BCUT2D eigenvalue weighted by Gasteiger charge is -2.14. The van der Waals surface area contributed by atoms with E-state index in [2.05, 4.69) is 151 Å². The number of aromatic amines is 1. The Bertz CT molecular complexity index is 2600. The van der Waals surface area contributed by atoms with Crippen molar-refractivity contribution in [2.24, 2.45) is 9.98 Å². The van der Waals surface area contributed by atoms with Gasteiger partial charge in [0.25, 0.3) is 0 Å². The number of benzene rings is 4. The van der Waals surface area contributed by atoms with E-state index >= 15 is 0 Å². The molecule has 0 unspecified atom stereocenters. The van der Waals surface area contributed by atoms with Gasteiger partial charge in [0.2, 0.25) is 0 Å². The van der Waals surface area contributed by atoms with Crippen LogP contribution in [0.4, 0.5) is 0 Å². The number of nitrogens with one attached hydrogen (secondary N) is 1. The van der Waals surface area contributed by atoms with Crippen molar-refractivity contribution in [3.8, 4) is 0 Å². The molecule has 5 heterocycles. The van der Waals surface area contributed by atoms with Crippen molar-refractivity contribution in [3.05, 3.63) is 226 Å². The van der Waals surface area contributed by atoms with Crippen molar-refractivity contribution in [2.75, 3.05) is 6.61 Å². The minimum Gasteiger partial charge on any atom is -0.414 e. The number of aliphatic imine (C=N–C) groups is 2. The Labute approximate surface area is 296 Å². The first kappa shape index (κ1) is 30.3. The molecule has 5 heteroatoms. The van der Waals surface area contributed by atoms with Gasteiger partial charge in [-0.2, -0.15) is 4.73 Å². The van der Waals surface area contributed by atoms with Crippen LogP contribution < -0.4 is 15.5 Å². The molecule has 8 bridgehead atoms. The van der Waals surface area contributed by atoms with Gasteiger partial charge in [0.1, 0.15) is 6.61 Å². The second-order valence-electron chi connectivity index (χ2n) is 12.5. The number of rotatable bonds is 6. The number of H-pyrrole nitrogens is 1. The van der Waals surface area contributed by atoms with E-state index in [1.807, 2.05) is 35.9 Å². The molecule has 51 heavy (non-hydrogen) atoms. The summed E-state index contributed by atoms with van der Waals surface area (Å²) < 4.78 is 1.90. The Balaban J connectivity index is 1.44. The number of hydrogen-bond acceptors (Lipinski definition) is 3. The van der Waals surface area contributed by atoms with Crippen LogP contribution in [0.5, 0.6) is 0 Å². The smallest absolute Gasteiger partial charge is 0.112 e. The van der Waals surface area contributed by atoms with Crippen LogP contribution in [-0.2, 0) is 0 Å². The highest BCUT2D eigenvalue weighted by molar-refractivity contribution is 6.31. The third-order valence-corrected chi connectivity index (χ3v) is 9.38. The summed E-state index contributed by atoms with van der Waals surface area (Å²) in [6.45, 7) is 2.51. The van der Waals surface area contributed by atoms with Gasteiger partial charge in [0.05, 0.1) is 34.7 Å². The lowest BCUT2D eigenvalue weighted by molar-refractivity contribution is 0.121. The van der Waals surface area contributed by atoms with Gasteiger partial charge in [-0.1, -0.05) is 121 Å². The van der Waals surface area contributed by atoms with E-state index in [0.29, 0.717) is 6.61 Å². The van der Waals surface area contributed by atoms with E-state index in [1.54, 1.807) is 0 Å². The number of fused-ring (bicyclic) bond motifs is 6. The standard InChI is InChI=1S/C46H34N4O/c1-2-51-50-30-35-29-42(50)46(34-21-13-6-14-22-34)41-28-27-40(49-41)45(33-19-11-5-12-20-33)39-26-25-38(48-39)44(32-17-9-4-10-18-32)37-24-23-36(47-37)43(35)31-15-7-3-8-16-31/h3-30,48H,2H2,1H3. The van der Waals surface area contributed by atoms with Crippen molar-refractivity contribution in [2.45, 2.75) is 6.92 Å². The minimum atomic E-state index is 0.499. The molecule has 0 amide bonds. The highest BCUT2D eigenvalue weighted by Crippen LogP contribution is 2.37. The SMILES string of the molecule is CCOn1cc2cc1C(c1ccccc1)=C1C=CC(=N1)C(c1ccccc1)=c1ccc([nH]1)=C(c1ccccc1)C1=NC(=C2c2ccccc2)C=C1. The Morgan fingerprint density at radius 1 is 0.490 bits per heavy atom. The molecule has 2 aromatic heterocycles. The fourth-order valence-electron chi connectivity index (χ4n) is 7.17. The fourth-order valence-corrected chi connectivity index (χ4v) is 7.17. The average molecular weight is 659 g/mol. The topological polar surface area (TPSA) is 54.7 Å². The average Bonchev–Trinajstić information content (AvgIpc) is 4.01. The van der Waals surface area contributed by atoms with E-state index < -0.39 is 0 Å². The molecule has 5 nitrogen and oxygen atoms in total. The summed E-state index contributed by atoms with van der Waals surface area (Å²) in [5, 5.41) is 1.96. The van der Waals surface area contributed by atoms with E-state index in [1.165, 1.54) is 0 Å². The minimum absolute atomic E-state index is 0.499. The molecule has 0 aliphatic carbocycles. The molecule has 0 saturated heterocycles. The van der Waals surface area contributed by atoms with E-state index in [9.17, 15) is 0 Å². The molecule has 3 aliphatic rings. The quantitative estimate of drug-likeness (QED) is 0.194. The molecule has 0 atom stereocenters. The fraction of sp³-hybridized carbons (Fsp3) is 0.0435. The normalized spacial score (nSPS) is 15.1. The summed E-state index contributed by atoms with van der Waals surface area (Å²) in [5.74, 6) is 0. The third-order valence-electron chi connectivity index (χ3n) is 9.38. The molecule has 9 rings (SSSR count). The zero-order chi connectivity index (χ0) is 34.1. The van der Waals surface area contributed by atoms with Crippen LogP contribution in [0.3, 0.4) is 0 Å². The third kappa shape index (κ3) is 5.55. The van der Waals surface area contributed by atoms with Crippen molar-refractivity contribution < 1.29 is 4.84 Å². The van der Waals surface area contributed by atoms with Gasteiger partial charge in [-0.25, -0.2) is 9.98 Å². The molecular formula is C46H34N4O. The van der Waals surface area contributed by atoms with Crippen LogP contribution in [0, 0.1) is 0 Å². The molecule has 6 aromatic rings. The van der Waals surface area contributed by atoms with Gasteiger partial charge in [0, 0.05) is 38.6 Å². The first-order valence-electron chi connectivity index (χ1n) is 17.3. The van der Waals surface area contributed by atoms with Gasteiger partial charge in [-0.3, -0.25) is 0 Å². The largest absolute Gasteiger partial charge is 0.414 e.